The fourth-order valence-corrected chi connectivity index (χ4v) is 2.22. The molecule has 0 fully saturated rings. The van der Waals surface area contributed by atoms with Crippen molar-refractivity contribution in [1.82, 2.24) is 0 Å². The van der Waals surface area contributed by atoms with E-state index in [2.05, 4.69) is 0 Å². The summed E-state index contributed by atoms with van der Waals surface area (Å²) in [4.78, 5) is 2.04. The number of hydrogen-bond donors (Lipinski definition) is 0. The highest BCUT2D eigenvalue weighted by molar-refractivity contribution is 6.32. The van der Waals surface area contributed by atoms with E-state index in [4.69, 9.17) is 28.5 Å². The predicted molar refractivity (Wildman–Crippen MR) is 79.7 cm³/mol. The third kappa shape index (κ3) is 3.20. The standard InChI is InChI=1S/C15H12Cl2N2/c1-19(10-12-4-2-3-5-14(12)16)13-7-6-11(9-18)15(17)8-13/h2-8H,10H2,1H3. The van der Waals surface area contributed by atoms with Crippen LogP contribution in [0, 0.1) is 11.3 Å². The molecule has 0 spiro atoms. The number of nitrogens with zero attached hydrogens (tertiary/aromatic N) is 2. The van der Waals surface area contributed by atoms with Gasteiger partial charge in [-0.25, -0.2) is 0 Å². The zero-order valence-corrected chi connectivity index (χ0v) is 11.9. The minimum Gasteiger partial charge on any atom is -0.370 e. The average molecular weight is 291 g/mol. The molecule has 0 aromatic heterocycles. The lowest BCUT2D eigenvalue weighted by Gasteiger charge is -2.20. The molecule has 2 aromatic rings. The minimum absolute atomic E-state index is 0.464. The average Bonchev–Trinajstić information content (AvgIpc) is 2.41. The van der Waals surface area contributed by atoms with Gasteiger partial charge in [0.05, 0.1) is 10.6 Å². The van der Waals surface area contributed by atoms with Gasteiger partial charge >= 0.3 is 0 Å². The number of halogens is 2. The number of anilines is 1. The van der Waals surface area contributed by atoms with E-state index < -0.39 is 0 Å². The van der Waals surface area contributed by atoms with Gasteiger partial charge in [0.2, 0.25) is 0 Å². The van der Waals surface area contributed by atoms with Crippen molar-refractivity contribution in [1.29, 1.82) is 5.26 Å². The molecule has 19 heavy (non-hydrogen) atoms. The molecule has 0 atom stereocenters. The Morgan fingerprint density at radius 1 is 1.11 bits per heavy atom. The van der Waals surface area contributed by atoms with Gasteiger partial charge in [0.15, 0.2) is 0 Å². The fraction of sp³-hybridized carbons (Fsp3) is 0.133. The second kappa shape index (κ2) is 5.97. The van der Waals surface area contributed by atoms with E-state index in [0.717, 1.165) is 16.3 Å². The van der Waals surface area contributed by atoms with Crippen molar-refractivity contribution >= 4 is 28.9 Å². The Balaban J connectivity index is 2.21. The fourth-order valence-electron chi connectivity index (χ4n) is 1.81. The topological polar surface area (TPSA) is 27.0 Å². The van der Waals surface area contributed by atoms with Gasteiger partial charge in [-0.15, -0.1) is 0 Å². The lowest BCUT2D eigenvalue weighted by Crippen LogP contribution is -2.16. The van der Waals surface area contributed by atoms with Crippen LogP contribution in [-0.2, 0) is 6.54 Å². The van der Waals surface area contributed by atoms with Gasteiger partial charge in [-0.05, 0) is 29.8 Å². The number of nitriles is 1. The summed E-state index contributed by atoms with van der Waals surface area (Å²) >= 11 is 12.2. The molecule has 0 aliphatic carbocycles. The molecule has 0 N–H and O–H groups in total. The van der Waals surface area contributed by atoms with Gasteiger partial charge in [-0.2, -0.15) is 5.26 Å². The first-order chi connectivity index (χ1) is 9.11. The molecular weight excluding hydrogens is 279 g/mol. The molecule has 2 aromatic carbocycles. The molecular formula is C15H12Cl2N2. The van der Waals surface area contributed by atoms with Crippen LogP contribution in [0.2, 0.25) is 10.0 Å². The van der Waals surface area contributed by atoms with E-state index in [-0.39, 0.29) is 0 Å². The van der Waals surface area contributed by atoms with E-state index in [1.165, 1.54) is 0 Å². The first-order valence-corrected chi connectivity index (χ1v) is 6.51. The SMILES string of the molecule is CN(Cc1ccccc1Cl)c1ccc(C#N)c(Cl)c1. The highest BCUT2D eigenvalue weighted by atomic mass is 35.5. The van der Waals surface area contributed by atoms with E-state index in [1.54, 1.807) is 12.1 Å². The van der Waals surface area contributed by atoms with Crippen molar-refractivity contribution in [3.63, 3.8) is 0 Å². The maximum Gasteiger partial charge on any atom is 0.101 e. The summed E-state index contributed by atoms with van der Waals surface area (Å²) in [7, 11) is 1.96. The molecule has 4 heteroatoms. The maximum absolute atomic E-state index is 8.85. The molecule has 2 rings (SSSR count). The summed E-state index contributed by atoms with van der Waals surface area (Å²) in [6, 6.07) is 15.2. The summed E-state index contributed by atoms with van der Waals surface area (Å²) in [6.07, 6.45) is 0. The molecule has 0 heterocycles. The predicted octanol–water partition coefficient (Wildman–Crippen LogP) is 4.50. The van der Waals surface area contributed by atoms with Crippen molar-refractivity contribution in [3.8, 4) is 6.07 Å². The van der Waals surface area contributed by atoms with Crippen LogP contribution in [0.25, 0.3) is 0 Å². The third-order valence-electron chi connectivity index (χ3n) is 2.88. The molecule has 0 bridgehead atoms. The van der Waals surface area contributed by atoms with Crippen molar-refractivity contribution in [2.75, 3.05) is 11.9 Å². The summed E-state index contributed by atoms with van der Waals surface area (Å²) < 4.78 is 0. The lowest BCUT2D eigenvalue weighted by molar-refractivity contribution is 0.923. The van der Waals surface area contributed by atoms with E-state index >= 15 is 0 Å². The Kier molecular flexibility index (Phi) is 4.31. The Bertz CT molecular complexity index is 632. The van der Waals surface area contributed by atoms with Crippen LogP contribution in [0.1, 0.15) is 11.1 Å². The van der Waals surface area contributed by atoms with Crippen LogP contribution in [0.5, 0.6) is 0 Å². The third-order valence-corrected chi connectivity index (χ3v) is 3.56. The zero-order valence-electron chi connectivity index (χ0n) is 10.4. The molecule has 0 unspecified atom stereocenters. The highest BCUT2D eigenvalue weighted by Gasteiger charge is 2.07. The smallest absolute Gasteiger partial charge is 0.101 e. The van der Waals surface area contributed by atoms with E-state index in [9.17, 15) is 0 Å². The van der Waals surface area contributed by atoms with Crippen LogP contribution in [0.4, 0.5) is 5.69 Å². The van der Waals surface area contributed by atoms with E-state index in [0.29, 0.717) is 17.1 Å². The molecule has 0 aliphatic heterocycles. The van der Waals surface area contributed by atoms with Crippen molar-refractivity contribution in [2.45, 2.75) is 6.54 Å². The van der Waals surface area contributed by atoms with Gasteiger partial charge in [-0.3, -0.25) is 0 Å². The van der Waals surface area contributed by atoms with Crippen LogP contribution < -0.4 is 4.90 Å². The van der Waals surface area contributed by atoms with Crippen LogP contribution in [-0.4, -0.2) is 7.05 Å². The Morgan fingerprint density at radius 2 is 1.84 bits per heavy atom. The van der Waals surface area contributed by atoms with Crippen molar-refractivity contribution in [3.05, 3.63) is 63.6 Å². The Labute approximate surface area is 122 Å². The van der Waals surface area contributed by atoms with Gasteiger partial charge in [0.1, 0.15) is 6.07 Å². The lowest BCUT2D eigenvalue weighted by atomic mass is 10.2. The molecule has 0 aliphatic rings. The number of hydrogen-bond acceptors (Lipinski definition) is 2. The number of benzene rings is 2. The van der Waals surface area contributed by atoms with Gasteiger partial charge in [0, 0.05) is 24.3 Å². The maximum atomic E-state index is 8.85. The monoisotopic (exact) mass is 290 g/mol. The van der Waals surface area contributed by atoms with Crippen LogP contribution in [0.15, 0.2) is 42.5 Å². The summed E-state index contributed by atoms with van der Waals surface area (Å²) in [6.45, 7) is 0.682. The van der Waals surface area contributed by atoms with E-state index in [1.807, 2.05) is 48.3 Å². The largest absolute Gasteiger partial charge is 0.370 e. The molecule has 2 nitrogen and oxygen atoms in total. The molecule has 0 amide bonds. The number of rotatable bonds is 3. The summed E-state index contributed by atoms with van der Waals surface area (Å²) in [5.74, 6) is 0. The Morgan fingerprint density at radius 3 is 2.47 bits per heavy atom. The minimum atomic E-state index is 0.464. The van der Waals surface area contributed by atoms with Crippen molar-refractivity contribution in [2.24, 2.45) is 0 Å². The first kappa shape index (κ1) is 13.7. The summed E-state index contributed by atoms with van der Waals surface area (Å²) in [5, 5.41) is 10.1. The zero-order chi connectivity index (χ0) is 13.8. The van der Waals surface area contributed by atoms with Gasteiger partial charge < -0.3 is 4.90 Å². The normalized spacial score (nSPS) is 10.0. The Hall–Kier alpha value is -1.69. The van der Waals surface area contributed by atoms with Gasteiger partial charge in [0.25, 0.3) is 0 Å². The van der Waals surface area contributed by atoms with Crippen molar-refractivity contribution < 1.29 is 0 Å². The second-order valence-electron chi connectivity index (χ2n) is 4.22. The molecule has 0 saturated carbocycles. The molecule has 96 valence electrons. The van der Waals surface area contributed by atoms with Crippen LogP contribution >= 0.6 is 23.2 Å². The molecule has 0 saturated heterocycles. The highest BCUT2D eigenvalue weighted by Crippen LogP contribution is 2.25. The second-order valence-corrected chi connectivity index (χ2v) is 5.04. The summed E-state index contributed by atoms with van der Waals surface area (Å²) in [5.41, 5.74) is 2.48. The molecule has 0 radical (unpaired) electrons. The van der Waals surface area contributed by atoms with Gasteiger partial charge in [-0.1, -0.05) is 41.4 Å². The quantitative estimate of drug-likeness (QED) is 0.832. The van der Waals surface area contributed by atoms with Crippen LogP contribution in [0.3, 0.4) is 0 Å². The first-order valence-electron chi connectivity index (χ1n) is 5.76.